The van der Waals surface area contributed by atoms with Gasteiger partial charge in [0.25, 0.3) is 0 Å². The van der Waals surface area contributed by atoms with Crippen LogP contribution in [0.3, 0.4) is 0 Å². The highest BCUT2D eigenvalue weighted by Gasteiger charge is 2.16. The lowest BCUT2D eigenvalue weighted by Gasteiger charge is -2.15. The molecular weight excluding hydrogens is 220 g/mol. The molecule has 0 saturated heterocycles. The largest absolute Gasteiger partial charge is 0.478 e. The number of aromatic carboxylic acids is 1. The minimum Gasteiger partial charge on any atom is -0.478 e. The third-order valence-electron chi connectivity index (χ3n) is 2.52. The van der Waals surface area contributed by atoms with Crippen LogP contribution in [-0.4, -0.2) is 33.5 Å². The van der Waals surface area contributed by atoms with Crippen molar-refractivity contribution < 1.29 is 20.1 Å². The number of benzene rings is 1. The fourth-order valence-corrected chi connectivity index (χ4v) is 1.88. The molecule has 0 radical (unpaired) electrons. The Labute approximate surface area is 101 Å². The average Bonchev–Trinajstić information content (AvgIpc) is 2.18. The Hall–Kier alpha value is -1.39. The van der Waals surface area contributed by atoms with Crippen molar-refractivity contribution in [2.45, 2.75) is 38.9 Å². The maximum atomic E-state index is 11.1. The van der Waals surface area contributed by atoms with Crippen molar-refractivity contribution >= 4 is 5.97 Å². The number of carboxylic acids is 1. The van der Waals surface area contributed by atoms with Crippen LogP contribution in [0.15, 0.2) is 18.2 Å². The molecule has 0 spiro atoms. The molecule has 4 nitrogen and oxygen atoms in total. The minimum absolute atomic E-state index is 0.198. The number of hydrogen-bond acceptors (Lipinski definition) is 3. The molecule has 0 aromatic heterocycles. The van der Waals surface area contributed by atoms with Gasteiger partial charge in [-0.25, -0.2) is 4.79 Å². The molecule has 3 N–H and O–H groups in total. The highest BCUT2D eigenvalue weighted by molar-refractivity contribution is 5.89. The molecule has 0 fully saturated rings. The summed E-state index contributed by atoms with van der Waals surface area (Å²) in [5.41, 5.74) is 1.58. The van der Waals surface area contributed by atoms with Crippen molar-refractivity contribution in [2.75, 3.05) is 0 Å². The van der Waals surface area contributed by atoms with E-state index in [1.54, 1.807) is 26.0 Å². The zero-order valence-corrected chi connectivity index (χ0v) is 10.1. The number of carbonyl (C=O) groups is 1. The monoisotopic (exact) mass is 238 g/mol. The van der Waals surface area contributed by atoms with E-state index in [-0.39, 0.29) is 12.0 Å². The summed E-state index contributed by atoms with van der Waals surface area (Å²) in [4.78, 5) is 11.1. The highest BCUT2D eigenvalue weighted by Crippen LogP contribution is 2.19. The standard InChI is InChI=1S/C13H18O4/c1-8(14)6-10-4-3-5-11(13(16)17)12(10)7-9(2)15/h3-5,8-9,14-15H,6-7H2,1-2H3,(H,16,17). The summed E-state index contributed by atoms with van der Waals surface area (Å²) in [5.74, 6) is -1.01. The molecule has 1 aromatic carbocycles. The summed E-state index contributed by atoms with van der Waals surface area (Å²) >= 11 is 0. The Morgan fingerprint density at radius 1 is 1.18 bits per heavy atom. The minimum atomic E-state index is -1.01. The zero-order valence-electron chi connectivity index (χ0n) is 10.1. The summed E-state index contributed by atoms with van der Waals surface area (Å²) in [6.45, 7) is 3.27. The summed E-state index contributed by atoms with van der Waals surface area (Å²) in [5, 5.41) is 27.9. The SMILES string of the molecule is CC(O)Cc1cccc(C(=O)O)c1CC(C)O. The van der Waals surface area contributed by atoms with Crippen molar-refractivity contribution in [3.05, 3.63) is 34.9 Å². The first kappa shape index (κ1) is 13.7. The molecule has 4 heteroatoms. The summed E-state index contributed by atoms with van der Waals surface area (Å²) in [6.07, 6.45) is -0.469. The van der Waals surface area contributed by atoms with E-state index in [2.05, 4.69) is 0 Å². The Kier molecular flexibility index (Phi) is 4.66. The smallest absolute Gasteiger partial charge is 0.335 e. The number of carboxylic acid groups (broad SMARTS) is 1. The number of rotatable bonds is 5. The van der Waals surface area contributed by atoms with Gasteiger partial charge in [-0.15, -0.1) is 0 Å². The van der Waals surface area contributed by atoms with Crippen molar-refractivity contribution in [3.8, 4) is 0 Å². The first-order valence-corrected chi connectivity index (χ1v) is 5.62. The molecule has 0 heterocycles. The van der Waals surface area contributed by atoms with E-state index in [1.165, 1.54) is 6.07 Å². The Balaban J connectivity index is 3.18. The van der Waals surface area contributed by atoms with Crippen molar-refractivity contribution in [2.24, 2.45) is 0 Å². The lowest BCUT2D eigenvalue weighted by atomic mass is 9.93. The van der Waals surface area contributed by atoms with Gasteiger partial charge in [-0.1, -0.05) is 12.1 Å². The predicted molar refractivity (Wildman–Crippen MR) is 64.2 cm³/mol. The van der Waals surface area contributed by atoms with Crippen LogP contribution in [0.1, 0.15) is 35.3 Å². The first-order valence-electron chi connectivity index (χ1n) is 5.62. The van der Waals surface area contributed by atoms with Gasteiger partial charge in [-0.2, -0.15) is 0 Å². The van der Waals surface area contributed by atoms with Crippen molar-refractivity contribution in [1.29, 1.82) is 0 Å². The molecule has 0 aliphatic carbocycles. The average molecular weight is 238 g/mol. The fourth-order valence-electron chi connectivity index (χ4n) is 1.88. The van der Waals surface area contributed by atoms with E-state index in [4.69, 9.17) is 5.11 Å². The Bertz CT molecular complexity index is 396. The zero-order chi connectivity index (χ0) is 13.0. The quantitative estimate of drug-likeness (QED) is 0.721. The molecule has 1 aromatic rings. The van der Waals surface area contributed by atoms with E-state index in [0.717, 1.165) is 5.56 Å². The van der Waals surface area contributed by atoms with Gasteiger partial charge in [0.15, 0.2) is 0 Å². The summed E-state index contributed by atoms with van der Waals surface area (Å²) in [6, 6.07) is 4.97. The molecule has 0 saturated carbocycles. The third-order valence-corrected chi connectivity index (χ3v) is 2.52. The Morgan fingerprint density at radius 3 is 2.24 bits per heavy atom. The second-order valence-electron chi connectivity index (χ2n) is 4.35. The highest BCUT2D eigenvalue weighted by atomic mass is 16.4. The van der Waals surface area contributed by atoms with Crippen LogP contribution >= 0.6 is 0 Å². The lowest BCUT2D eigenvalue weighted by molar-refractivity contribution is 0.0694. The predicted octanol–water partition coefficient (Wildman–Crippen LogP) is 1.23. The van der Waals surface area contributed by atoms with Gasteiger partial charge in [-0.3, -0.25) is 0 Å². The van der Waals surface area contributed by atoms with Crippen LogP contribution in [0.4, 0.5) is 0 Å². The van der Waals surface area contributed by atoms with Gasteiger partial charge in [0.1, 0.15) is 0 Å². The number of hydrogen-bond donors (Lipinski definition) is 3. The maximum absolute atomic E-state index is 11.1. The van der Waals surface area contributed by atoms with E-state index in [1.807, 2.05) is 0 Å². The molecule has 0 amide bonds. The van der Waals surface area contributed by atoms with Crippen LogP contribution < -0.4 is 0 Å². The van der Waals surface area contributed by atoms with Crippen LogP contribution in [0, 0.1) is 0 Å². The molecule has 94 valence electrons. The van der Waals surface area contributed by atoms with Gasteiger partial charge < -0.3 is 15.3 Å². The number of aliphatic hydroxyl groups is 2. The van der Waals surface area contributed by atoms with Crippen molar-refractivity contribution in [1.82, 2.24) is 0 Å². The second kappa shape index (κ2) is 5.80. The van der Waals surface area contributed by atoms with Gasteiger partial charge >= 0.3 is 5.97 Å². The first-order chi connectivity index (χ1) is 7.91. The van der Waals surface area contributed by atoms with Crippen LogP contribution in [-0.2, 0) is 12.8 Å². The van der Waals surface area contributed by atoms with Gasteiger partial charge in [0, 0.05) is 0 Å². The molecule has 1 rings (SSSR count). The summed E-state index contributed by atoms with van der Waals surface area (Å²) in [7, 11) is 0. The maximum Gasteiger partial charge on any atom is 0.335 e. The van der Waals surface area contributed by atoms with Gasteiger partial charge in [0.05, 0.1) is 17.8 Å². The van der Waals surface area contributed by atoms with Crippen LogP contribution in [0.25, 0.3) is 0 Å². The van der Waals surface area contributed by atoms with Gasteiger partial charge in [0.2, 0.25) is 0 Å². The molecule has 0 aliphatic rings. The van der Waals surface area contributed by atoms with E-state index < -0.39 is 18.2 Å². The molecule has 2 atom stereocenters. The molecular formula is C13H18O4. The van der Waals surface area contributed by atoms with Gasteiger partial charge in [-0.05, 0) is 43.9 Å². The summed E-state index contributed by atoms with van der Waals surface area (Å²) < 4.78 is 0. The van der Waals surface area contributed by atoms with E-state index >= 15 is 0 Å². The normalized spacial score (nSPS) is 14.4. The van der Waals surface area contributed by atoms with Crippen molar-refractivity contribution in [3.63, 3.8) is 0 Å². The van der Waals surface area contributed by atoms with Crippen LogP contribution in [0.2, 0.25) is 0 Å². The molecule has 0 aliphatic heterocycles. The lowest BCUT2D eigenvalue weighted by Crippen LogP contribution is -2.15. The molecule has 17 heavy (non-hydrogen) atoms. The van der Waals surface area contributed by atoms with Crippen LogP contribution in [0.5, 0.6) is 0 Å². The van der Waals surface area contributed by atoms with E-state index in [0.29, 0.717) is 12.0 Å². The number of aliphatic hydroxyl groups excluding tert-OH is 2. The second-order valence-corrected chi connectivity index (χ2v) is 4.35. The topological polar surface area (TPSA) is 77.8 Å². The van der Waals surface area contributed by atoms with E-state index in [9.17, 15) is 15.0 Å². The molecule has 0 bridgehead atoms. The Morgan fingerprint density at radius 2 is 1.76 bits per heavy atom. The third kappa shape index (κ3) is 3.84. The molecule has 2 unspecified atom stereocenters. The fraction of sp³-hybridized carbons (Fsp3) is 0.462.